The lowest BCUT2D eigenvalue weighted by atomic mass is 9.77. The summed E-state index contributed by atoms with van der Waals surface area (Å²) < 4.78 is 0. The van der Waals surface area contributed by atoms with Crippen molar-refractivity contribution in [1.29, 1.82) is 0 Å². The molecule has 0 radical (unpaired) electrons. The van der Waals surface area contributed by atoms with E-state index in [2.05, 4.69) is 19.8 Å². The van der Waals surface area contributed by atoms with Gasteiger partial charge in [0.2, 0.25) is 11.9 Å². The second-order valence-electron chi connectivity index (χ2n) is 7.62. The molecule has 3 heterocycles. The SMILES string of the molecule is O=C([C@@H]1CCCN(c2ncccn2)C1)N1CCC[C@H]2CCCC[C@H]21. The van der Waals surface area contributed by atoms with Crippen LogP contribution in [0.2, 0.25) is 0 Å². The van der Waals surface area contributed by atoms with E-state index in [-0.39, 0.29) is 5.92 Å². The number of piperidine rings is 2. The lowest BCUT2D eigenvalue weighted by Crippen LogP contribution is -2.53. The highest BCUT2D eigenvalue weighted by atomic mass is 16.2. The van der Waals surface area contributed by atoms with Gasteiger partial charge >= 0.3 is 0 Å². The Bertz CT molecular complexity index is 562. The number of fused-ring (bicyclic) bond motifs is 1. The van der Waals surface area contributed by atoms with Gasteiger partial charge in [0, 0.05) is 38.1 Å². The van der Waals surface area contributed by atoms with E-state index in [1.165, 1.54) is 38.5 Å². The normalized spacial score (nSPS) is 30.8. The number of nitrogens with zero attached hydrogens (tertiary/aromatic N) is 4. The maximum atomic E-state index is 13.2. The Hall–Kier alpha value is -1.65. The van der Waals surface area contributed by atoms with Crippen LogP contribution in [0.5, 0.6) is 0 Å². The minimum absolute atomic E-state index is 0.114. The van der Waals surface area contributed by atoms with E-state index in [1.54, 1.807) is 12.4 Å². The number of amides is 1. The van der Waals surface area contributed by atoms with Gasteiger partial charge in [-0.2, -0.15) is 0 Å². The first-order chi connectivity index (χ1) is 11.8. The highest BCUT2D eigenvalue weighted by Crippen LogP contribution is 2.36. The molecule has 24 heavy (non-hydrogen) atoms. The third-order valence-corrected chi connectivity index (χ3v) is 6.13. The monoisotopic (exact) mass is 328 g/mol. The van der Waals surface area contributed by atoms with E-state index in [0.717, 1.165) is 44.3 Å². The Morgan fingerprint density at radius 2 is 1.71 bits per heavy atom. The van der Waals surface area contributed by atoms with Crippen molar-refractivity contribution in [2.45, 2.75) is 57.4 Å². The molecule has 5 heteroatoms. The van der Waals surface area contributed by atoms with E-state index < -0.39 is 0 Å². The fourth-order valence-corrected chi connectivity index (χ4v) is 4.95. The van der Waals surface area contributed by atoms with Gasteiger partial charge in [0.05, 0.1) is 5.92 Å². The van der Waals surface area contributed by atoms with Crippen molar-refractivity contribution >= 4 is 11.9 Å². The molecule has 2 saturated heterocycles. The summed E-state index contributed by atoms with van der Waals surface area (Å²) in [4.78, 5) is 26.4. The molecule has 4 rings (SSSR count). The van der Waals surface area contributed by atoms with Gasteiger partial charge in [-0.25, -0.2) is 9.97 Å². The standard InChI is InChI=1S/C19H28N4O/c24-18(23-13-4-7-15-6-1-2-9-17(15)23)16-8-3-12-22(14-16)19-20-10-5-11-21-19/h5,10-11,15-17H,1-4,6-9,12-14H2/t15-,16-,17-/m1/s1. The Kier molecular flexibility index (Phi) is 4.67. The van der Waals surface area contributed by atoms with Crippen LogP contribution in [0.1, 0.15) is 51.4 Å². The number of rotatable bonds is 2. The molecule has 0 N–H and O–H groups in total. The second kappa shape index (κ2) is 7.08. The molecule has 1 saturated carbocycles. The average molecular weight is 328 g/mol. The van der Waals surface area contributed by atoms with Gasteiger partial charge in [0.25, 0.3) is 0 Å². The molecule has 3 fully saturated rings. The third-order valence-electron chi connectivity index (χ3n) is 6.13. The maximum absolute atomic E-state index is 13.2. The van der Waals surface area contributed by atoms with Gasteiger partial charge in [-0.3, -0.25) is 4.79 Å². The van der Waals surface area contributed by atoms with Gasteiger partial charge < -0.3 is 9.80 Å². The molecular formula is C19H28N4O. The van der Waals surface area contributed by atoms with E-state index >= 15 is 0 Å². The van der Waals surface area contributed by atoms with Crippen LogP contribution in [-0.2, 0) is 4.79 Å². The van der Waals surface area contributed by atoms with Crippen LogP contribution >= 0.6 is 0 Å². The molecule has 5 nitrogen and oxygen atoms in total. The van der Waals surface area contributed by atoms with Gasteiger partial charge in [-0.05, 0) is 50.5 Å². The predicted molar refractivity (Wildman–Crippen MR) is 93.7 cm³/mol. The van der Waals surface area contributed by atoms with Crippen molar-refractivity contribution in [1.82, 2.24) is 14.9 Å². The zero-order valence-corrected chi connectivity index (χ0v) is 14.4. The van der Waals surface area contributed by atoms with Crippen molar-refractivity contribution < 1.29 is 4.79 Å². The number of likely N-dealkylation sites (tertiary alicyclic amines) is 1. The molecule has 1 aliphatic carbocycles. The highest BCUT2D eigenvalue weighted by molar-refractivity contribution is 5.80. The summed E-state index contributed by atoms with van der Waals surface area (Å²) in [5.41, 5.74) is 0. The summed E-state index contributed by atoms with van der Waals surface area (Å²) in [5.74, 6) is 2.04. The summed E-state index contributed by atoms with van der Waals surface area (Å²) in [6, 6.07) is 2.36. The van der Waals surface area contributed by atoms with Crippen LogP contribution in [0, 0.1) is 11.8 Å². The molecule has 1 amide bonds. The van der Waals surface area contributed by atoms with Crippen molar-refractivity contribution in [2.75, 3.05) is 24.5 Å². The summed E-state index contributed by atoms with van der Waals surface area (Å²) in [7, 11) is 0. The van der Waals surface area contributed by atoms with Gasteiger partial charge in [-0.15, -0.1) is 0 Å². The summed E-state index contributed by atoms with van der Waals surface area (Å²) in [6.07, 6.45) is 13.3. The quantitative estimate of drug-likeness (QED) is 0.837. The highest BCUT2D eigenvalue weighted by Gasteiger charge is 2.39. The minimum atomic E-state index is 0.114. The number of hydrogen-bond donors (Lipinski definition) is 0. The lowest BCUT2D eigenvalue weighted by Gasteiger charge is -2.46. The van der Waals surface area contributed by atoms with E-state index in [0.29, 0.717) is 11.9 Å². The Balaban J connectivity index is 1.45. The Labute approximate surface area is 144 Å². The summed E-state index contributed by atoms with van der Waals surface area (Å²) in [6.45, 7) is 2.70. The number of hydrogen-bond acceptors (Lipinski definition) is 4. The second-order valence-corrected chi connectivity index (χ2v) is 7.62. The lowest BCUT2D eigenvalue weighted by molar-refractivity contribution is -0.142. The fraction of sp³-hybridized carbons (Fsp3) is 0.737. The topological polar surface area (TPSA) is 49.3 Å². The summed E-state index contributed by atoms with van der Waals surface area (Å²) in [5, 5.41) is 0. The van der Waals surface area contributed by atoms with Crippen LogP contribution in [-0.4, -0.2) is 46.5 Å². The number of carbonyl (C=O) groups is 1. The first-order valence-corrected chi connectivity index (χ1v) is 9.65. The van der Waals surface area contributed by atoms with Crippen LogP contribution in [0.3, 0.4) is 0 Å². The van der Waals surface area contributed by atoms with E-state index in [4.69, 9.17) is 0 Å². The van der Waals surface area contributed by atoms with Crippen molar-refractivity contribution in [3.05, 3.63) is 18.5 Å². The van der Waals surface area contributed by atoms with E-state index in [9.17, 15) is 4.79 Å². The van der Waals surface area contributed by atoms with Gasteiger partial charge in [-0.1, -0.05) is 12.8 Å². The summed E-state index contributed by atoms with van der Waals surface area (Å²) >= 11 is 0. The third kappa shape index (κ3) is 3.13. The molecule has 2 aliphatic heterocycles. The molecule has 130 valence electrons. The van der Waals surface area contributed by atoms with Gasteiger partial charge in [0.15, 0.2) is 0 Å². The Morgan fingerprint density at radius 1 is 0.958 bits per heavy atom. The predicted octanol–water partition coefficient (Wildman–Crippen LogP) is 2.87. The number of carbonyl (C=O) groups excluding carboxylic acids is 1. The fourth-order valence-electron chi connectivity index (χ4n) is 4.95. The van der Waals surface area contributed by atoms with Crippen molar-refractivity contribution in [3.8, 4) is 0 Å². The zero-order valence-electron chi connectivity index (χ0n) is 14.4. The molecule has 0 unspecified atom stereocenters. The molecule has 1 aromatic rings. The van der Waals surface area contributed by atoms with Crippen LogP contribution in [0.4, 0.5) is 5.95 Å². The zero-order chi connectivity index (χ0) is 16.4. The van der Waals surface area contributed by atoms with Crippen molar-refractivity contribution in [3.63, 3.8) is 0 Å². The molecule has 3 aliphatic rings. The molecule has 1 aromatic heterocycles. The first kappa shape index (κ1) is 15.9. The first-order valence-electron chi connectivity index (χ1n) is 9.65. The number of anilines is 1. The van der Waals surface area contributed by atoms with Crippen LogP contribution < -0.4 is 4.90 Å². The molecule has 3 atom stereocenters. The molecule has 0 bridgehead atoms. The van der Waals surface area contributed by atoms with Crippen LogP contribution in [0.15, 0.2) is 18.5 Å². The maximum Gasteiger partial charge on any atom is 0.227 e. The van der Waals surface area contributed by atoms with Crippen molar-refractivity contribution in [2.24, 2.45) is 11.8 Å². The van der Waals surface area contributed by atoms with E-state index in [1.807, 2.05) is 6.07 Å². The molecular weight excluding hydrogens is 300 g/mol. The molecule has 0 aromatic carbocycles. The molecule has 0 spiro atoms. The Morgan fingerprint density at radius 3 is 2.58 bits per heavy atom. The minimum Gasteiger partial charge on any atom is -0.340 e. The average Bonchev–Trinajstić information content (AvgIpc) is 2.68. The van der Waals surface area contributed by atoms with Crippen LogP contribution in [0.25, 0.3) is 0 Å². The van der Waals surface area contributed by atoms with Gasteiger partial charge in [0.1, 0.15) is 0 Å². The smallest absolute Gasteiger partial charge is 0.227 e. The largest absolute Gasteiger partial charge is 0.340 e. The number of aromatic nitrogens is 2.